The van der Waals surface area contributed by atoms with Crippen LogP contribution in [0.3, 0.4) is 0 Å². The minimum atomic E-state index is -0.639. The number of benzene rings is 2. The normalized spacial score (nSPS) is 18.0. The van der Waals surface area contributed by atoms with Crippen LogP contribution in [0.2, 0.25) is 10.0 Å². The molecule has 5 nitrogen and oxygen atoms in total. The number of anilines is 1. The van der Waals surface area contributed by atoms with Gasteiger partial charge in [0.2, 0.25) is 0 Å². The first kappa shape index (κ1) is 19.0. The first-order chi connectivity index (χ1) is 13.4. The van der Waals surface area contributed by atoms with Gasteiger partial charge in [0.1, 0.15) is 11.4 Å². The van der Waals surface area contributed by atoms with Gasteiger partial charge in [0.25, 0.3) is 5.91 Å². The van der Waals surface area contributed by atoms with Crippen molar-refractivity contribution in [2.45, 2.75) is 31.3 Å². The van der Waals surface area contributed by atoms with Crippen molar-refractivity contribution in [1.82, 2.24) is 4.90 Å². The molecule has 2 aromatic carbocycles. The van der Waals surface area contributed by atoms with Crippen LogP contribution in [0.1, 0.15) is 41.6 Å². The monoisotopic (exact) mass is 415 g/mol. The standard InChI is InChI=1S/C21H19Cl2N3O2/c22-16-8-5-14(11-17(16)23)18(27)12-26-20(28)19(13-3-6-15(24)7-4-13)25-21(26)9-1-2-10-21/h3-8,11H,1-2,9-10,12,24H2. The minimum Gasteiger partial charge on any atom is -0.399 e. The Balaban J connectivity index is 1.64. The number of amides is 1. The van der Waals surface area contributed by atoms with Crippen LogP contribution in [0.25, 0.3) is 0 Å². The Hall–Kier alpha value is -2.37. The zero-order valence-electron chi connectivity index (χ0n) is 15.1. The Morgan fingerprint density at radius 2 is 1.75 bits per heavy atom. The molecule has 0 aromatic heterocycles. The number of carbonyl (C=O) groups is 2. The predicted octanol–water partition coefficient (Wildman–Crippen LogP) is 4.36. The maximum atomic E-state index is 13.2. The molecule has 1 aliphatic carbocycles. The fourth-order valence-corrected chi connectivity index (χ4v) is 4.21. The van der Waals surface area contributed by atoms with Crippen molar-refractivity contribution in [3.05, 3.63) is 63.6 Å². The third-order valence-electron chi connectivity index (χ3n) is 5.40. The highest BCUT2D eigenvalue weighted by Crippen LogP contribution is 2.41. The summed E-state index contributed by atoms with van der Waals surface area (Å²) in [7, 11) is 0. The first-order valence-electron chi connectivity index (χ1n) is 9.16. The number of nitrogens with two attached hydrogens (primary N) is 1. The number of nitrogens with zero attached hydrogens (tertiary/aromatic N) is 2. The number of ketones is 1. The molecule has 1 spiro atoms. The number of Topliss-reactive ketones (excluding diaryl/α,β-unsaturated/α-hetero) is 1. The summed E-state index contributed by atoms with van der Waals surface area (Å²) in [5.41, 5.74) is 7.28. The highest BCUT2D eigenvalue weighted by Gasteiger charge is 2.49. The maximum Gasteiger partial charge on any atom is 0.275 e. The molecule has 0 atom stereocenters. The van der Waals surface area contributed by atoms with Gasteiger partial charge in [-0.1, -0.05) is 35.3 Å². The van der Waals surface area contributed by atoms with Crippen LogP contribution in [-0.4, -0.2) is 34.5 Å². The Kier molecular flexibility index (Phi) is 4.89. The average Bonchev–Trinajstić information content (AvgIpc) is 3.25. The molecule has 7 heteroatoms. The van der Waals surface area contributed by atoms with Gasteiger partial charge in [-0.3, -0.25) is 14.6 Å². The topological polar surface area (TPSA) is 75.8 Å². The predicted molar refractivity (Wildman–Crippen MR) is 111 cm³/mol. The van der Waals surface area contributed by atoms with Crippen LogP contribution in [-0.2, 0) is 4.79 Å². The molecule has 1 aliphatic heterocycles. The molecule has 1 fully saturated rings. The van der Waals surface area contributed by atoms with E-state index in [1.165, 1.54) is 6.07 Å². The molecule has 0 bridgehead atoms. The summed E-state index contributed by atoms with van der Waals surface area (Å²) < 4.78 is 0. The Morgan fingerprint density at radius 3 is 2.39 bits per heavy atom. The SMILES string of the molecule is Nc1ccc(C2=NC3(CCCC3)N(CC(=O)c3ccc(Cl)c(Cl)c3)C2=O)cc1. The van der Waals surface area contributed by atoms with Crippen molar-refractivity contribution < 1.29 is 9.59 Å². The molecule has 0 unspecified atom stereocenters. The lowest BCUT2D eigenvalue weighted by Gasteiger charge is -2.32. The van der Waals surface area contributed by atoms with E-state index in [2.05, 4.69) is 0 Å². The van der Waals surface area contributed by atoms with Gasteiger partial charge in [-0.2, -0.15) is 0 Å². The molecule has 1 heterocycles. The molecule has 0 radical (unpaired) electrons. The number of halogens is 2. The number of hydrogen-bond acceptors (Lipinski definition) is 4. The second-order valence-corrected chi connectivity index (χ2v) is 8.03. The zero-order chi connectivity index (χ0) is 19.9. The second kappa shape index (κ2) is 7.22. The molecule has 2 N–H and O–H groups in total. The van der Waals surface area contributed by atoms with Gasteiger partial charge in [-0.25, -0.2) is 0 Å². The summed E-state index contributed by atoms with van der Waals surface area (Å²) in [5, 5.41) is 0.700. The Bertz CT molecular complexity index is 980. The van der Waals surface area contributed by atoms with E-state index in [4.69, 9.17) is 33.9 Å². The smallest absolute Gasteiger partial charge is 0.275 e. The average molecular weight is 416 g/mol. The van der Waals surface area contributed by atoms with E-state index >= 15 is 0 Å². The van der Waals surface area contributed by atoms with E-state index in [1.54, 1.807) is 41.3 Å². The summed E-state index contributed by atoms with van der Waals surface area (Å²) in [5.74, 6) is -0.410. The van der Waals surface area contributed by atoms with Crippen LogP contribution in [0.4, 0.5) is 5.69 Å². The van der Waals surface area contributed by atoms with E-state index in [-0.39, 0.29) is 18.2 Å². The first-order valence-corrected chi connectivity index (χ1v) is 9.91. The van der Waals surface area contributed by atoms with Crippen molar-refractivity contribution >= 4 is 46.3 Å². The van der Waals surface area contributed by atoms with Crippen LogP contribution < -0.4 is 5.73 Å². The van der Waals surface area contributed by atoms with E-state index in [9.17, 15) is 9.59 Å². The van der Waals surface area contributed by atoms with Gasteiger partial charge in [0.05, 0.1) is 16.6 Å². The number of hydrogen-bond donors (Lipinski definition) is 1. The summed E-state index contributed by atoms with van der Waals surface area (Å²) in [4.78, 5) is 32.5. The third-order valence-corrected chi connectivity index (χ3v) is 6.14. The van der Waals surface area contributed by atoms with Crippen molar-refractivity contribution in [3.63, 3.8) is 0 Å². The summed E-state index contributed by atoms with van der Waals surface area (Å²) in [6.07, 6.45) is 3.46. The van der Waals surface area contributed by atoms with Gasteiger partial charge in [-0.05, 0) is 56.0 Å². The van der Waals surface area contributed by atoms with Crippen molar-refractivity contribution in [1.29, 1.82) is 0 Å². The van der Waals surface area contributed by atoms with E-state index in [1.807, 2.05) is 0 Å². The van der Waals surface area contributed by atoms with E-state index < -0.39 is 5.66 Å². The molecule has 1 amide bonds. The fourth-order valence-electron chi connectivity index (χ4n) is 3.91. The Labute approximate surface area is 173 Å². The van der Waals surface area contributed by atoms with E-state index in [0.29, 0.717) is 27.0 Å². The number of carbonyl (C=O) groups excluding carboxylic acids is 2. The molecular weight excluding hydrogens is 397 g/mol. The van der Waals surface area contributed by atoms with Crippen molar-refractivity contribution in [2.24, 2.45) is 4.99 Å². The lowest BCUT2D eigenvalue weighted by Crippen LogP contribution is -2.47. The van der Waals surface area contributed by atoms with Crippen molar-refractivity contribution in [2.75, 3.05) is 12.3 Å². The third kappa shape index (κ3) is 3.29. The van der Waals surface area contributed by atoms with E-state index in [0.717, 1.165) is 31.2 Å². The molecule has 2 aliphatic rings. The largest absolute Gasteiger partial charge is 0.399 e. The van der Waals surface area contributed by atoms with Crippen molar-refractivity contribution in [3.8, 4) is 0 Å². The Morgan fingerprint density at radius 1 is 1.07 bits per heavy atom. The fraction of sp³-hybridized carbons (Fsp3) is 0.286. The van der Waals surface area contributed by atoms with Crippen LogP contribution in [0.5, 0.6) is 0 Å². The van der Waals surface area contributed by atoms with Gasteiger partial charge in [0, 0.05) is 16.8 Å². The molecule has 28 heavy (non-hydrogen) atoms. The lowest BCUT2D eigenvalue weighted by atomic mass is 10.1. The van der Waals surface area contributed by atoms with Gasteiger partial charge < -0.3 is 10.6 Å². The van der Waals surface area contributed by atoms with Gasteiger partial charge in [0.15, 0.2) is 5.78 Å². The molecule has 2 aromatic rings. The highest BCUT2D eigenvalue weighted by atomic mass is 35.5. The second-order valence-electron chi connectivity index (χ2n) is 7.22. The maximum absolute atomic E-state index is 13.2. The van der Waals surface area contributed by atoms with Crippen LogP contribution >= 0.6 is 23.2 Å². The number of nitrogen functional groups attached to an aromatic ring is 1. The minimum absolute atomic E-state index is 0.0429. The highest BCUT2D eigenvalue weighted by molar-refractivity contribution is 6.47. The van der Waals surface area contributed by atoms with Gasteiger partial charge in [-0.15, -0.1) is 0 Å². The van der Waals surface area contributed by atoms with Crippen LogP contribution in [0, 0.1) is 0 Å². The molecule has 0 saturated heterocycles. The summed E-state index contributed by atoms with van der Waals surface area (Å²) in [6, 6.07) is 11.8. The van der Waals surface area contributed by atoms with Crippen LogP contribution in [0.15, 0.2) is 47.5 Å². The number of aliphatic imine (C=N–C) groups is 1. The van der Waals surface area contributed by atoms with Gasteiger partial charge >= 0.3 is 0 Å². The molecule has 4 rings (SSSR count). The molecule has 144 valence electrons. The quantitative estimate of drug-likeness (QED) is 0.595. The molecule has 1 saturated carbocycles. The number of rotatable bonds is 4. The lowest BCUT2D eigenvalue weighted by molar-refractivity contribution is -0.127. The summed E-state index contributed by atoms with van der Waals surface area (Å²) >= 11 is 12.0. The zero-order valence-corrected chi connectivity index (χ0v) is 16.6. The molecular formula is C21H19Cl2N3O2. The summed E-state index contributed by atoms with van der Waals surface area (Å²) in [6.45, 7) is -0.0429.